The number of amides is 1. The van der Waals surface area contributed by atoms with Crippen LogP contribution in [0.1, 0.15) is 50.9 Å². The summed E-state index contributed by atoms with van der Waals surface area (Å²) in [5.41, 5.74) is 1.56. The van der Waals surface area contributed by atoms with Crippen molar-refractivity contribution in [2.45, 2.75) is 19.6 Å². The molecule has 4 aromatic rings. The quantitative estimate of drug-likeness (QED) is 0.423. The number of Topliss-reactive ketones (excluding diaryl/α,β-unsaturated/α-hetero) is 1. The minimum Gasteiger partial charge on any atom is -0.486 e. The molecule has 2 heterocycles. The van der Waals surface area contributed by atoms with Crippen LogP contribution in [0, 0.1) is 0 Å². The number of ketones is 1. The molecule has 7 heteroatoms. The molecule has 0 aliphatic carbocycles. The third-order valence-electron chi connectivity index (χ3n) is 4.65. The van der Waals surface area contributed by atoms with Gasteiger partial charge < -0.3 is 19.0 Å². The highest BCUT2D eigenvalue weighted by atomic mass is 16.5. The number of rotatable bonds is 8. The summed E-state index contributed by atoms with van der Waals surface area (Å²) in [6.45, 7) is 1.56. The van der Waals surface area contributed by atoms with Gasteiger partial charge in [-0.1, -0.05) is 47.6 Å². The van der Waals surface area contributed by atoms with Crippen molar-refractivity contribution in [3.05, 3.63) is 107 Å². The predicted molar refractivity (Wildman–Crippen MR) is 112 cm³/mol. The second kappa shape index (κ2) is 9.13. The van der Waals surface area contributed by atoms with Gasteiger partial charge in [0.2, 0.25) is 0 Å². The molecule has 0 saturated heterocycles. The van der Waals surface area contributed by atoms with E-state index in [4.69, 9.17) is 13.7 Å². The van der Waals surface area contributed by atoms with Crippen molar-refractivity contribution in [1.82, 2.24) is 10.5 Å². The Bertz CT molecular complexity index is 1170. The summed E-state index contributed by atoms with van der Waals surface area (Å²) in [6.07, 6.45) is 1.56. The van der Waals surface area contributed by atoms with Crippen LogP contribution >= 0.6 is 0 Å². The fourth-order valence-electron chi connectivity index (χ4n) is 3.07. The molecule has 0 aliphatic heterocycles. The summed E-state index contributed by atoms with van der Waals surface area (Å²) in [5.74, 6) is 1.06. The van der Waals surface area contributed by atoms with Crippen molar-refractivity contribution in [1.29, 1.82) is 0 Å². The molecule has 0 aliphatic rings. The standard InChI is InChI=1S/C24H20N2O5/c1-16(27)18-9-5-10-19(13-18)30-15-20-14-21(26-31-20)24(28)25-23(22-11-6-12-29-22)17-7-3-2-4-8-17/h2-14,23H,15H2,1H3,(H,25,28)/t23-/m1/s1. The maximum atomic E-state index is 12.8. The molecule has 2 aromatic heterocycles. The molecule has 0 bridgehead atoms. The number of nitrogens with zero attached hydrogens (tertiary/aromatic N) is 1. The van der Waals surface area contributed by atoms with E-state index in [0.29, 0.717) is 22.8 Å². The molecule has 7 nitrogen and oxygen atoms in total. The monoisotopic (exact) mass is 416 g/mol. The first-order chi connectivity index (χ1) is 15.1. The van der Waals surface area contributed by atoms with Gasteiger partial charge >= 0.3 is 0 Å². The highest BCUT2D eigenvalue weighted by Crippen LogP contribution is 2.23. The first-order valence-corrected chi connectivity index (χ1v) is 9.69. The van der Waals surface area contributed by atoms with Gasteiger partial charge in [0.25, 0.3) is 5.91 Å². The number of hydrogen-bond donors (Lipinski definition) is 1. The second-order valence-corrected chi connectivity index (χ2v) is 6.88. The lowest BCUT2D eigenvalue weighted by atomic mass is 10.0. The Labute approximate surface area is 178 Å². The smallest absolute Gasteiger partial charge is 0.274 e. The number of benzene rings is 2. The van der Waals surface area contributed by atoms with Crippen LogP contribution in [-0.2, 0) is 6.61 Å². The van der Waals surface area contributed by atoms with Crippen molar-refractivity contribution in [3.8, 4) is 5.75 Å². The Kier molecular flexibility index (Phi) is 5.93. The number of carbonyl (C=O) groups excluding carboxylic acids is 2. The van der Waals surface area contributed by atoms with Crippen molar-refractivity contribution in [2.75, 3.05) is 0 Å². The van der Waals surface area contributed by atoms with E-state index < -0.39 is 11.9 Å². The van der Waals surface area contributed by atoms with E-state index in [1.165, 1.54) is 13.0 Å². The summed E-state index contributed by atoms with van der Waals surface area (Å²) in [4.78, 5) is 24.3. The van der Waals surface area contributed by atoms with E-state index in [1.54, 1.807) is 42.7 Å². The Morgan fingerprint density at radius 1 is 1.03 bits per heavy atom. The number of furan rings is 1. The van der Waals surface area contributed by atoms with Gasteiger partial charge in [-0.05, 0) is 36.8 Å². The van der Waals surface area contributed by atoms with Crippen molar-refractivity contribution in [3.63, 3.8) is 0 Å². The molecule has 0 unspecified atom stereocenters. The van der Waals surface area contributed by atoms with Crippen LogP contribution in [0.5, 0.6) is 5.75 Å². The number of hydrogen-bond acceptors (Lipinski definition) is 6. The highest BCUT2D eigenvalue weighted by molar-refractivity contribution is 5.94. The summed E-state index contributed by atoms with van der Waals surface area (Å²) < 4.78 is 16.4. The van der Waals surface area contributed by atoms with Gasteiger partial charge in [0.15, 0.2) is 17.2 Å². The first-order valence-electron chi connectivity index (χ1n) is 9.69. The molecule has 0 radical (unpaired) electrons. The van der Waals surface area contributed by atoms with Crippen molar-refractivity contribution < 1.29 is 23.3 Å². The lowest BCUT2D eigenvalue weighted by molar-refractivity contribution is 0.0928. The minimum absolute atomic E-state index is 0.0476. The van der Waals surface area contributed by atoms with Crippen LogP contribution in [-0.4, -0.2) is 16.8 Å². The third kappa shape index (κ3) is 4.90. The average molecular weight is 416 g/mol. The Hall–Kier alpha value is -4.13. The van der Waals surface area contributed by atoms with E-state index >= 15 is 0 Å². The largest absolute Gasteiger partial charge is 0.486 e. The van der Waals surface area contributed by atoms with E-state index in [-0.39, 0.29) is 18.1 Å². The Balaban J connectivity index is 1.44. The normalized spacial score (nSPS) is 11.6. The molecule has 1 atom stereocenters. The summed E-state index contributed by atoms with van der Waals surface area (Å²) in [7, 11) is 0. The maximum absolute atomic E-state index is 12.8. The lowest BCUT2D eigenvalue weighted by Gasteiger charge is -2.16. The van der Waals surface area contributed by atoms with Gasteiger partial charge in [0.1, 0.15) is 24.2 Å². The van der Waals surface area contributed by atoms with Gasteiger partial charge in [0.05, 0.1) is 6.26 Å². The zero-order valence-corrected chi connectivity index (χ0v) is 16.8. The molecule has 0 spiro atoms. The van der Waals surface area contributed by atoms with E-state index in [1.807, 2.05) is 30.3 Å². The van der Waals surface area contributed by atoms with Gasteiger partial charge in [-0.15, -0.1) is 0 Å². The van der Waals surface area contributed by atoms with Crippen LogP contribution in [0.25, 0.3) is 0 Å². The number of aromatic nitrogens is 1. The molecule has 4 rings (SSSR count). The molecule has 0 saturated carbocycles. The highest BCUT2D eigenvalue weighted by Gasteiger charge is 2.22. The molecule has 156 valence electrons. The van der Waals surface area contributed by atoms with Gasteiger partial charge in [-0.25, -0.2) is 0 Å². The number of ether oxygens (including phenoxy) is 1. The van der Waals surface area contributed by atoms with E-state index in [9.17, 15) is 9.59 Å². The lowest BCUT2D eigenvalue weighted by Crippen LogP contribution is -2.29. The van der Waals surface area contributed by atoms with Crippen LogP contribution in [0.15, 0.2) is 88.0 Å². The Morgan fingerprint density at radius 3 is 2.61 bits per heavy atom. The molecular formula is C24H20N2O5. The van der Waals surface area contributed by atoms with Gasteiger partial charge in [-0.2, -0.15) is 0 Å². The first kappa shape index (κ1) is 20.2. The Morgan fingerprint density at radius 2 is 1.87 bits per heavy atom. The predicted octanol–water partition coefficient (Wildman–Crippen LogP) is 4.57. The van der Waals surface area contributed by atoms with Crippen LogP contribution < -0.4 is 10.1 Å². The third-order valence-corrected chi connectivity index (χ3v) is 4.65. The molecule has 31 heavy (non-hydrogen) atoms. The molecule has 1 N–H and O–H groups in total. The molecular weight excluding hydrogens is 396 g/mol. The zero-order valence-electron chi connectivity index (χ0n) is 16.8. The summed E-state index contributed by atoms with van der Waals surface area (Å²) in [5, 5.41) is 6.78. The summed E-state index contributed by atoms with van der Waals surface area (Å²) >= 11 is 0. The van der Waals surface area contributed by atoms with Crippen molar-refractivity contribution in [2.24, 2.45) is 0 Å². The van der Waals surface area contributed by atoms with Crippen LogP contribution in [0.2, 0.25) is 0 Å². The molecule has 2 aromatic carbocycles. The fourth-order valence-corrected chi connectivity index (χ4v) is 3.07. The van der Waals surface area contributed by atoms with Gasteiger partial charge in [-0.3, -0.25) is 9.59 Å². The van der Waals surface area contributed by atoms with E-state index in [2.05, 4.69) is 10.5 Å². The maximum Gasteiger partial charge on any atom is 0.274 e. The SMILES string of the molecule is CC(=O)c1cccc(OCc2cc(C(=O)N[C@H](c3ccccc3)c3ccco3)no2)c1. The zero-order chi connectivity index (χ0) is 21.6. The molecule has 0 fully saturated rings. The summed E-state index contributed by atoms with van der Waals surface area (Å²) in [6, 6.07) is 21.0. The number of nitrogens with one attached hydrogen (secondary N) is 1. The second-order valence-electron chi connectivity index (χ2n) is 6.88. The van der Waals surface area contributed by atoms with Crippen molar-refractivity contribution >= 4 is 11.7 Å². The number of carbonyl (C=O) groups is 2. The van der Waals surface area contributed by atoms with Crippen LogP contribution in [0.4, 0.5) is 0 Å². The van der Waals surface area contributed by atoms with Crippen LogP contribution in [0.3, 0.4) is 0 Å². The average Bonchev–Trinajstić information content (AvgIpc) is 3.49. The minimum atomic E-state index is -0.463. The fraction of sp³-hybridized carbons (Fsp3) is 0.125. The molecule has 1 amide bonds. The van der Waals surface area contributed by atoms with Gasteiger partial charge in [0, 0.05) is 11.6 Å². The van der Waals surface area contributed by atoms with E-state index in [0.717, 1.165) is 5.56 Å². The topological polar surface area (TPSA) is 94.6 Å².